The first kappa shape index (κ1) is 9.89. The van der Waals surface area contributed by atoms with E-state index in [2.05, 4.69) is 36.3 Å². The van der Waals surface area contributed by atoms with Crippen LogP contribution >= 0.6 is 0 Å². The van der Waals surface area contributed by atoms with E-state index in [0.29, 0.717) is 0 Å². The van der Waals surface area contributed by atoms with Crippen LogP contribution in [0.5, 0.6) is 0 Å². The fourth-order valence-corrected chi connectivity index (χ4v) is 3.01. The summed E-state index contributed by atoms with van der Waals surface area (Å²) in [6.45, 7) is 0. The average molecular weight is 208 g/mol. The normalized spacial score (nSPS) is 17.3. The Morgan fingerprint density at radius 1 is 1.20 bits per heavy atom. The number of rotatable bonds is 1. The second-order valence-corrected chi connectivity index (χ2v) is 5.09. The van der Waals surface area contributed by atoms with Crippen LogP contribution in [0.25, 0.3) is 0 Å². The Morgan fingerprint density at radius 2 is 2.00 bits per heavy atom. The maximum atomic E-state index is 5.49. The molecule has 0 N–H and O–H groups in total. The molecule has 0 unspecified atom stereocenters. The molecule has 0 saturated carbocycles. The van der Waals surface area contributed by atoms with Gasteiger partial charge in [0.05, 0.1) is 0 Å². The maximum Gasteiger partial charge on any atom is 0.0353 e. The lowest BCUT2D eigenvalue weighted by molar-refractivity contribution is 1.47. The molecule has 15 heavy (non-hydrogen) atoms. The molecule has 72 valence electrons. The molecule has 0 atom stereocenters. The molecule has 0 heterocycles. The predicted octanol–water partition coefficient (Wildman–Crippen LogP) is 1.44. The summed E-state index contributed by atoms with van der Waals surface area (Å²) in [5.74, 6) is 2.77. The van der Waals surface area contributed by atoms with Gasteiger partial charge < -0.3 is 0 Å². The van der Waals surface area contributed by atoms with Crippen LogP contribution in [0.3, 0.4) is 0 Å². The van der Waals surface area contributed by atoms with Crippen molar-refractivity contribution < 1.29 is 0 Å². The highest BCUT2D eigenvalue weighted by Crippen LogP contribution is 2.06. The van der Waals surface area contributed by atoms with Crippen LogP contribution < -0.4 is 5.19 Å². The molecule has 1 aromatic carbocycles. The fourth-order valence-electron chi connectivity index (χ4n) is 1.60. The summed E-state index contributed by atoms with van der Waals surface area (Å²) in [6, 6.07) is 10.6. The van der Waals surface area contributed by atoms with E-state index in [9.17, 15) is 0 Å². The second-order valence-electron chi connectivity index (χ2n) is 3.44. The van der Waals surface area contributed by atoms with Crippen LogP contribution in [0.2, 0.25) is 0 Å². The Kier molecular flexibility index (Phi) is 3.11. The van der Waals surface area contributed by atoms with Crippen LogP contribution in [-0.2, 0) is 0 Å². The zero-order valence-electron chi connectivity index (χ0n) is 8.48. The molecular weight excluding hydrogens is 196 g/mol. The molecular formula is C14H12Si. The number of hydrogen-bond donors (Lipinski definition) is 0. The van der Waals surface area contributed by atoms with Crippen LogP contribution in [-0.4, -0.2) is 14.3 Å². The summed E-state index contributed by atoms with van der Waals surface area (Å²) in [4.78, 5) is 0. The summed E-state index contributed by atoms with van der Waals surface area (Å²) < 4.78 is 0. The molecule has 2 rings (SSSR count). The number of hydrogen-bond acceptors (Lipinski definition) is 0. The summed E-state index contributed by atoms with van der Waals surface area (Å²) in [6.07, 6.45) is 12.8. The zero-order valence-corrected chi connectivity index (χ0v) is 9.64. The van der Waals surface area contributed by atoms with Gasteiger partial charge in [0.1, 0.15) is 0 Å². The Morgan fingerprint density at radius 3 is 2.73 bits per heavy atom. The van der Waals surface area contributed by atoms with Crippen molar-refractivity contribution in [3.8, 4) is 12.3 Å². The predicted molar refractivity (Wildman–Crippen MR) is 68.9 cm³/mol. The lowest BCUT2D eigenvalue weighted by Crippen LogP contribution is -2.17. The molecule has 0 saturated heterocycles. The van der Waals surface area contributed by atoms with Gasteiger partial charge in [0, 0.05) is 14.7 Å². The van der Waals surface area contributed by atoms with Gasteiger partial charge in [-0.25, -0.2) is 0 Å². The lowest BCUT2D eigenvalue weighted by Gasteiger charge is -2.07. The molecule has 0 radical (unpaired) electrons. The summed E-state index contributed by atoms with van der Waals surface area (Å²) in [7, 11) is 0.167. The van der Waals surface area contributed by atoms with Crippen molar-refractivity contribution >= 4 is 19.5 Å². The molecule has 1 aromatic rings. The lowest BCUT2D eigenvalue weighted by atomic mass is 10.1. The van der Waals surface area contributed by atoms with Gasteiger partial charge in [0.25, 0.3) is 0 Å². The Bertz CT molecular complexity index is 470. The molecule has 0 aliphatic heterocycles. The fraction of sp³-hybridized carbons (Fsp3) is 0.0714. The smallest absolute Gasteiger partial charge is 0.0353 e. The first-order chi connectivity index (χ1) is 7.40. The zero-order chi connectivity index (χ0) is 10.5. The van der Waals surface area contributed by atoms with Crippen LogP contribution in [0.15, 0.2) is 54.1 Å². The van der Waals surface area contributed by atoms with Gasteiger partial charge in [-0.05, 0) is 22.9 Å². The molecule has 0 amide bonds. The number of allylic oxidation sites excluding steroid dienone is 4. The van der Waals surface area contributed by atoms with E-state index in [1.165, 1.54) is 10.4 Å². The molecule has 1 heteroatoms. The van der Waals surface area contributed by atoms with Crippen LogP contribution in [0, 0.1) is 12.3 Å². The van der Waals surface area contributed by atoms with E-state index in [1.807, 2.05) is 18.2 Å². The molecule has 1 aliphatic rings. The third kappa shape index (κ3) is 2.43. The number of benzene rings is 1. The highest BCUT2D eigenvalue weighted by atomic mass is 28.2. The minimum atomic E-state index is 0.167. The van der Waals surface area contributed by atoms with Gasteiger partial charge in [-0.15, -0.1) is 6.42 Å². The molecule has 0 fully saturated rings. The Balaban J connectivity index is 2.33. The quantitative estimate of drug-likeness (QED) is 0.484. The first-order valence-corrected chi connectivity index (χ1v) is 6.15. The first-order valence-electron chi connectivity index (χ1n) is 4.99. The Labute approximate surface area is 92.8 Å². The van der Waals surface area contributed by atoms with Gasteiger partial charge in [-0.3, -0.25) is 0 Å². The van der Waals surface area contributed by atoms with Crippen LogP contribution in [0.1, 0.15) is 6.42 Å². The summed E-state index contributed by atoms with van der Waals surface area (Å²) in [5.41, 5.74) is 1.08. The SMILES string of the molecule is C#CC1=CC=CCC1=[SiH]c1ccccc1. The van der Waals surface area contributed by atoms with E-state index in [0.717, 1.165) is 12.0 Å². The number of terminal acetylenes is 1. The van der Waals surface area contributed by atoms with Crippen molar-refractivity contribution in [3.63, 3.8) is 0 Å². The van der Waals surface area contributed by atoms with E-state index >= 15 is 0 Å². The molecule has 0 spiro atoms. The monoisotopic (exact) mass is 208 g/mol. The highest BCUT2D eigenvalue weighted by molar-refractivity contribution is 6.69. The van der Waals surface area contributed by atoms with Gasteiger partial charge in [-0.1, -0.05) is 48.4 Å². The Hall–Kier alpha value is -1.65. The average Bonchev–Trinajstić information content (AvgIpc) is 2.31. The van der Waals surface area contributed by atoms with Crippen molar-refractivity contribution in [1.82, 2.24) is 0 Å². The highest BCUT2D eigenvalue weighted by Gasteiger charge is 2.03. The topological polar surface area (TPSA) is 0 Å². The van der Waals surface area contributed by atoms with Gasteiger partial charge >= 0.3 is 0 Å². The summed E-state index contributed by atoms with van der Waals surface area (Å²) in [5, 5.41) is 2.83. The van der Waals surface area contributed by atoms with Crippen molar-refractivity contribution in [2.45, 2.75) is 6.42 Å². The van der Waals surface area contributed by atoms with E-state index < -0.39 is 0 Å². The molecule has 0 bridgehead atoms. The molecule has 1 aliphatic carbocycles. The molecule has 0 aromatic heterocycles. The standard InChI is InChI=1S/C14H12Si/c1-2-12-8-6-7-11-14(12)15-13-9-4-3-5-10-13/h1,3-10,15H,11H2. The van der Waals surface area contributed by atoms with E-state index in [-0.39, 0.29) is 9.13 Å². The van der Waals surface area contributed by atoms with Crippen molar-refractivity contribution in [1.29, 1.82) is 0 Å². The van der Waals surface area contributed by atoms with Gasteiger partial charge in [-0.2, -0.15) is 0 Å². The van der Waals surface area contributed by atoms with Gasteiger partial charge in [0.15, 0.2) is 0 Å². The second kappa shape index (κ2) is 4.72. The van der Waals surface area contributed by atoms with E-state index in [4.69, 9.17) is 6.42 Å². The van der Waals surface area contributed by atoms with Crippen LogP contribution in [0.4, 0.5) is 0 Å². The third-order valence-electron chi connectivity index (χ3n) is 2.38. The largest absolute Gasteiger partial charge is 0.115 e. The minimum absolute atomic E-state index is 0.167. The van der Waals surface area contributed by atoms with Crippen molar-refractivity contribution in [2.24, 2.45) is 0 Å². The van der Waals surface area contributed by atoms with Crippen molar-refractivity contribution in [3.05, 3.63) is 54.1 Å². The maximum absolute atomic E-state index is 5.49. The summed E-state index contributed by atoms with van der Waals surface area (Å²) >= 11 is 0. The molecule has 0 nitrogen and oxygen atoms in total. The van der Waals surface area contributed by atoms with Gasteiger partial charge in [0.2, 0.25) is 0 Å². The third-order valence-corrected chi connectivity index (χ3v) is 3.99. The minimum Gasteiger partial charge on any atom is -0.115 e. The van der Waals surface area contributed by atoms with Crippen molar-refractivity contribution in [2.75, 3.05) is 0 Å². The van der Waals surface area contributed by atoms with E-state index in [1.54, 1.807) is 0 Å².